The van der Waals surface area contributed by atoms with Crippen molar-refractivity contribution in [1.82, 2.24) is 9.97 Å². The molecule has 5 heteroatoms. The van der Waals surface area contributed by atoms with Gasteiger partial charge in [-0.1, -0.05) is 30.3 Å². The number of nitrogens with two attached hydrogens (primary N) is 1. The van der Waals surface area contributed by atoms with Crippen LogP contribution in [0, 0.1) is 0 Å². The van der Waals surface area contributed by atoms with E-state index in [0.717, 1.165) is 31.2 Å². The summed E-state index contributed by atoms with van der Waals surface area (Å²) in [6, 6.07) is 12.2. The monoisotopic (exact) mass is 345 g/mol. The standard InChI is InChI=1S/C15H12BrN3S/c16-12-6-11(8-18-9-12)15-19-13(7-17)14(20-15)10-4-2-1-3-5-10/h1-6,8-9H,7,17H2. The summed E-state index contributed by atoms with van der Waals surface area (Å²) in [6.07, 6.45) is 3.58. The number of nitrogens with zero attached hydrogens (tertiary/aromatic N) is 2. The highest BCUT2D eigenvalue weighted by Gasteiger charge is 2.13. The van der Waals surface area contributed by atoms with Crippen LogP contribution in [0.15, 0.2) is 53.3 Å². The fourth-order valence-electron chi connectivity index (χ4n) is 1.96. The van der Waals surface area contributed by atoms with Gasteiger partial charge in [0, 0.05) is 29.0 Å². The van der Waals surface area contributed by atoms with E-state index in [4.69, 9.17) is 5.73 Å². The minimum atomic E-state index is 0.433. The SMILES string of the molecule is NCc1nc(-c2cncc(Br)c2)sc1-c1ccccc1. The molecule has 0 bridgehead atoms. The average molecular weight is 346 g/mol. The Hall–Kier alpha value is -1.56. The van der Waals surface area contributed by atoms with Gasteiger partial charge < -0.3 is 5.73 Å². The van der Waals surface area contributed by atoms with Crippen LogP contribution in [0.5, 0.6) is 0 Å². The summed E-state index contributed by atoms with van der Waals surface area (Å²) in [4.78, 5) is 9.96. The Kier molecular flexibility index (Phi) is 3.91. The average Bonchev–Trinajstić information content (AvgIpc) is 2.92. The van der Waals surface area contributed by atoms with Gasteiger partial charge in [0.25, 0.3) is 0 Å². The first-order valence-corrected chi connectivity index (χ1v) is 7.75. The van der Waals surface area contributed by atoms with Crippen molar-refractivity contribution in [2.45, 2.75) is 6.54 Å². The van der Waals surface area contributed by atoms with Gasteiger partial charge in [0.05, 0.1) is 10.6 Å². The zero-order valence-corrected chi connectivity index (χ0v) is 13.0. The lowest BCUT2D eigenvalue weighted by Gasteiger charge is -1.98. The Bertz CT molecular complexity index is 725. The largest absolute Gasteiger partial charge is 0.325 e. The first-order valence-electron chi connectivity index (χ1n) is 6.14. The van der Waals surface area contributed by atoms with Crippen LogP contribution in [0.2, 0.25) is 0 Å². The summed E-state index contributed by atoms with van der Waals surface area (Å²) < 4.78 is 0.945. The van der Waals surface area contributed by atoms with Crippen LogP contribution in [0.3, 0.4) is 0 Å². The second kappa shape index (κ2) is 5.83. The Morgan fingerprint density at radius 3 is 2.60 bits per heavy atom. The molecule has 0 saturated carbocycles. The number of benzene rings is 1. The quantitative estimate of drug-likeness (QED) is 0.777. The van der Waals surface area contributed by atoms with Gasteiger partial charge in [0.15, 0.2) is 0 Å². The minimum Gasteiger partial charge on any atom is -0.325 e. The molecule has 0 aliphatic carbocycles. The number of thiazole rings is 1. The molecule has 0 radical (unpaired) electrons. The molecule has 2 heterocycles. The zero-order chi connectivity index (χ0) is 13.9. The van der Waals surface area contributed by atoms with Crippen molar-refractivity contribution < 1.29 is 0 Å². The molecule has 0 aliphatic heterocycles. The molecule has 0 saturated heterocycles. The molecule has 2 aromatic heterocycles. The maximum Gasteiger partial charge on any atom is 0.125 e. The van der Waals surface area contributed by atoms with E-state index in [1.807, 2.05) is 30.5 Å². The van der Waals surface area contributed by atoms with Crippen molar-refractivity contribution in [2.24, 2.45) is 5.73 Å². The number of hydrogen-bond acceptors (Lipinski definition) is 4. The van der Waals surface area contributed by atoms with Crippen LogP contribution in [0.1, 0.15) is 5.69 Å². The lowest BCUT2D eigenvalue weighted by atomic mass is 10.1. The van der Waals surface area contributed by atoms with E-state index in [1.54, 1.807) is 17.5 Å². The number of pyridine rings is 1. The lowest BCUT2D eigenvalue weighted by Crippen LogP contribution is -1.98. The maximum absolute atomic E-state index is 5.83. The summed E-state index contributed by atoms with van der Waals surface area (Å²) in [5.74, 6) is 0. The van der Waals surface area contributed by atoms with Crippen molar-refractivity contribution in [1.29, 1.82) is 0 Å². The second-order valence-electron chi connectivity index (χ2n) is 4.26. The molecule has 3 nitrogen and oxygen atoms in total. The van der Waals surface area contributed by atoms with E-state index >= 15 is 0 Å². The van der Waals surface area contributed by atoms with E-state index in [-0.39, 0.29) is 0 Å². The van der Waals surface area contributed by atoms with Gasteiger partial charge in [-0.05, 0) is 27.6 Å². The molecule has 0 fully saturated rings. The first-order chi connectivity index (χ1) is 9.78. The molecule has 0 unspecified atom stereocenters. The second-order valence-corrected chi connectivity index (χ2v) is 6.17. The summed E-state index contributed by atoms with van der Waals surface area (Å²) in [7, 11) is 0. The van der Waals surface area contributed by atoms with Crippen molar-refractivity contribution in [3.05, 3.63) is 59.0 Å². The highest BCUT2D eigenvalue weighted by atomic mass is 79.9. The van der Waals surface area contributed by atoms with Crippen LogP contribution < -0.4 is 5.73 Å². The number of halogens is 1. The van der Waals surface area contributed by atoms with Gasteiger partial charge in [-0.3, -0.25) is 4.98 Å². The van der Waals surface area contributed by atoms with E-state index in [1.165, 1.54) is 0 Å². The molecule has 3 rings (SSSR count). The molecule has 20 heavy (non-hydrogen) atoms. The van der Waals surface area contributed by atoms with Crippen LogP contribution in [-0.4, -0.2) is 9.97 Å². The van der Waals surface area contributed by atoms with E-state index < -0.39 is 0 Å². The number of hydrogen-bond donors (Lipinski definition) is 1. The van der Waals surface area contributed by atoms with Gasteiger partial charge >= 0.3 is 0 Å². The lowest BCUT2D eigenvalue weighted by molar-refractivity contribution is 1.02. The smallest absolute Gasteiger partial charge is 0.125 e. The fourth-order valence-corrected chi connectivity index (χ4v) is 3.40. The molecule has 0 atom stereocenters. The topological polar surface area (TPSA) is 51.8 Å². The normalized spacial score (nSPS) is 10.7. The number of aromatic nitrogens is 2. The third kappa shape index (κ3) is 2.65. The van der Waals surface area contributed by atoms with Gasteiger partial charge in [-0.25, -0.2) is 4.98 Å². The summed E-state index contributed by atoms with van der Waals surface area (Å²) in [5.41, 5.74) is 8.91. The minimum absolute atomic E-state index is 0.433. The third-order valence-electron chi connectivity index (χ3n) is 2.88. The fraction of sp³-hybridized carbons (Fsp3) is 0.0667. The molecule has 100 valence electrons. The first kappa shape index (κ1) is 13.4. The van der Waals surface area contributed by atoms with Crippen LogP contribution in [-0.2, 0) is 6.54 Å². The van der Waals surface area contributed by atoms with Gasteiger partial charge in [-0.2, -0.15) is 0 Å². The predicted octanol–water partition coefficient (Wildman–Crippen LogP) is 4.09. The summed E-state index contributed by atoms with van der Waals surface area (Å²) >= 11 is 5.08. The Morgan fingerprint density at radius 2 is 1.90 bits per heavy atom. The van der Waals surface area contributed by atoms with Gasteiger partial charge in [0.1, 0.15) is 5.01 Å². The molecular formula is C15H12BrN3S. The highest BCUT2D eigenvalue weighted by molar-refractivity contribution is 9.10. The van der Waals surface area contributed by atoms with Crippen molar-refractivity contribution in [3.63, 3.8) is 0 Å². The number of rotatable bonds is 3. The van der Waals surface area contributed by atoms with Crippen molar-refractivity contribution in [2.75, 3.05) is 0 Å². The Labute approximate surface area is 129 Å². The van der Waals surface area contributed by atoms with Crippen LogP contribution >= 0.6 is 27.3 Å². The van der Waals surface area contributed by atoms with Crippen LogP contribution in [0.4, 0.5) is 0 Å². The van der Waals surface area contributed by atoms with E-state index in [2.05, 4.69) is 38.0 Å². The van der Waals surface area contributed by atoms with Crippen LogP contribution in [0.25, 0.3) is 21.0 Å². The summed E-state index contributed by atoms with van der Waals surface area (Å²) in [6.45, 7) is 0.433. The molecular weight excluding hydrogens is 334 g/mol. The van der Waals surface area contributed by atoms with Gasteiger partial charge in [-0.15, -0.1) is 11.3 Å². The molecule has 1 aromatic carbocycles. The van der Waals surface area contributed by atoms with E-state index in [9.17, 15) is 0 Å². The molecule has 0 amide bonds. The molecule has 0 spiro atoms. The highest BCUT2D eigenvalue weighted by Crippen LogP contribution is 2.35. The zero-order valence-electron chi connectivity index (χ0n) is 10.6. The van der Waals surface area contributed by atoms with Crippen molar-refractivity contribution in [3.8, 4) is 21.0 Å². The summed E-state index contributed by atoms with van der Waals surface area (Å²) in [5, 5.41) is 0.943. The third-order valence-corrected chi connectivity index (χ3v) is 4.51. The Balaban J connectivity index is 2.10. The van der Waals surface area contributed by atoms with Gasteiger partial charge in [0.2, 0.25) is 0 Å². The Morgan fingerprint density at radius 1 is 1.10 bits per heavy atom. The van der Waals surface area contributed by atoms with E-state index in [0.29, 0.717) is 6.54 Å². The molecule has 3 aromatic rings. The predicted molar refractivity (Wildman–Crippen MR) is 86.4 cm³/mol. The molecule has 2 N–H and O–H groups in total. The van der Waals surface area contributed by atoms with Crippen molar-refractivity contribution >= 4 is 27.3 Å². The molecule has 0 aliphatic rings. The maximum atomic E-state index is 5.83.